The highest BCUT2D eigenvalue weighted by Gasteiger charge is 2.16. The van der Waals surface area contributed by atoms with Gasteiger partial charge in [0.15, 0.2) is 0 Å². The van der Waals surface area contributed by atoms with Crippen LogP contribution in [0.4, 0.5) is 4.39 Å². The maximum absolute atomic E-state index is 13.6. The summed E-state index contributed by atoms with van der Waals surface area (Å²) in [5, 5.41) is 3.11. The van der Waals surface area contributed by atoms with Gasteiger partial charge in [0.05, 0.1) is 5.75 Å². The number of nitrogens with one attached hydrogen (secondary N) is 1. The summed E-state index contributed by atoms with van der Waals surface area (Å²) in [4.78, 5) is 0. The largest absolute Gasteiger partial charge is 0.310 e. The van der Waals surface area contributed by atoms with Crippen molar-refractivity contribution in [1.82, 2.24) is 5.32 Å². The smallest absolute Gasteiger partial charge is 0.147 e. The number of rotatable bonds is 6. The zero-order valence-electron chi connectivity index (χ0n) is 10.1. The van der Waals surface area contributed by atoms with E-state index in [1.54, 1.807) is 18.2 Å². The summed E-state index contributed by atoms with van der Waals surface area (Å²) in [5.41, 5.74) is 0.526. The molecule has 0 fully saturated rings. The lowest BCUT2D eigenvalue weighted by atomic mass is 10.0. The standard InChI is InChI=1S/C12H18FNO2S/c1-3-14-12(8-9-17(2,15)16)10-6-4-5-7-11(10)13/h4-7,12,14H,3,8-9H2,1-2H3. The summed E-state index contributed by atoms with van der Waals surface area (Å²) in [6.07, 6.45) is 1.57. The Morgan fingerprint density at radius 3 is 2.53 bits per heavy atom. The van der Waals surface area contributed by atoms with Crippen LogP contribution in [-0.2, 0) is 9.84 Å². The van der Waals surface area contributed by atoms with Crippen LogP contribution < -0.4 is 5.32 Å². The molecule has 0 heterocycles. The van der Waals surface area contributed by atoms with Crippen LogP contribution >= 0.6 is 0 Å². The number of sulfone groups is 1. The molecular formula is C12H18FNO2S. The summed E-state index contributed by atoms with van der Waals surface area (Å²) in [6.45, 7) is 2.58. The molecule has 0 aromatic heterocycles. The van der Waals surface area contributed by atoms with Gasteiger partial charge in [-0.15, -0.1) is 0 Å². The molecule has 1 unspecified atom stereocenters. The van der Waals surface area contributed by atoms with Gasteiger partial charge in [-0.25, -0.2) is 12.8 Å². The maximum Gasteiger partial charge on any atom is 0.147 e. The molecule has 1 aromatic rings. The van der Waals surface area contributed by atoms with Gasteiger partial charge in [-0.05, 0) is 19.0 Å². The first-order valence-electron chi connectivity index (χ1n) is 5.59. The molecule has 0 spiro atoms. The van der Waals surface area contributed by atoms with Crippen LogP contribution in [0, 0.1) is 5.82 Å². The average Bonchev–Trinajstić information content (AvgIpc) is 2.24. The summed E-state index contributed by atoms with van der Waals surface area (Å²) >= 11 is 0. The van der Waals surface area contributed by atoms with Crippen molar-refractivity contribution in [1.29, 1.82) is 0 Å². The highest BCUT2D eigenvalue weighted by Crippen LogP contribution is 2.20. The van der Waals surface area contributed by atoms with E-state index >= 15 is 0 Å². The summed E-state index contributed by atoms with van der Waals surface area (Å²) in [5.74, 6) is -0.245. The van der Waals surface area contributed by atoms with E-state index in [0.717, 1.165) is 0 Å². The van der Waals surface area contributed by atoms with Gasteiger partial charge in [-0.2, -0.15) is 0 Å². The fraction of sp³-hybridized carbons (Fsp3) is 0.500. The molecule has 1 aromatic carbocycles. The predicted molar refractivity (Wildman–Crippen MR) is 67.1 cm³/mol. The van der Waals surface area contributed by atoms with Gasteiger partial charge in [0.1, 0.15) is 15.7 Å². The van der Waals surface area contributed by atoms with E-state index in [4.69, 9.17) is 0 Å². The Kier molecular flexibility index (Phi) is 5.08. The second-order valence-corrected chi connectivity index (χ2v) is 6.31. The van der Waals surface area contributed by atoms with Gasteiger partial charge >= 0.3 is 0 Å². The van der Waals surface area contributed by atoms with Gasteiger partial charge in [0.2, 0.25) is 0 Å². The Balaban J connectivity index is 2.82. The van der Waals surface area contributed by atoms with Gasteiger partial charge in [-0.3, -0.25) is 0 Å². The lowest BCUT2D eigenvalue weighted by molar-refractivity contribution is 0.498. The Morgan fingerprint density at radius 1 is 1.35 bits per heavy atom. The monoisotopic (exact) mass is 259 g/mol. The lowest BCUT2D eigenvalue weighted by Gasteiger charge is -2.18. The quantitative estimate of drug-likeness (QED) is 0.849. The average molecular weight is 259 g/mol. The van der Waals surface area contributed by atoms with Crippen LogP contribution in [0.1, 0.15) is 24.9 Å². The Hall–Kier alpha value is -0.940. The predicted octanol–water partition coefficient (Wildman–Crippen LogP) is 1.91. The van der Waals surface area contributed by atoms with Crippen LogP contribution in [-0.4, -0.2) is 27.0 Å². The van der Waals surface area contributed by atoms with Crippen molar-refractivity contribution in [3.05, 3.63) is 35.6 Å². The second-order valence-electron chi connectivity index (χ2n) is 4.05. The molecule has 0 radical (unpaired) electrons. The zero-order valence-corrected chi connectivity index (χ0v) is 10.9. The molecule has 0 aliphatic carbocycles. The zero-order chi connectivity index (χ0) is 12.9. The molecular weight excluding hydrogens is 241 g/mol. The van der Waals surface area contributed by atoms with E-state index in [0.29, 0.717) is 18.5 Å². The van der Waals surface area contributed by atoms with Crippen LogP contribution in [0.25, 0.3) is 0 Å². The minimum absolute atomic E-state index is 0.0546. The first-order chi connectivity index (χ1) is 7.94. The molecule has 0 aliphatic rings. The molecule has 5 heteroatoms. The second kappa shape index (κ2) is 6.12. The fourth-order valence-corrected chi connectivity index (χ4v) is 2.37. The van der Waals surface area contributed by atoms with Crippen molar-refractivity contribution in [2.45, 2.75) is 19.4 Å². The van der Waals surface area contributed by atoms with Crippen molar-refractivity contribution in [2.75, 3.05) is 18.6 Å². The first-order valence-corrected chi connectivity index (χ1v) is 7.65. The van der Waals surface area contributed by atoms with Gasteiger partial charge in [-0.1, -0.05) is 25.1 Å². The minimum atomic E-state index is -3.02. The van der Waals surface area contributed by atoms with Crippen molar-refractivity contribution in [3.8, 4) is 0 Å². The van der Waals surface area contributed by atoms with Crippen molar-refractivity contribution >= 4 is 9.84 Å². The third-order valence-electron chi connectivity index (χ3n) is 2.51. The molecule has 1 rings (SSSR count). The summed E-state index contributed by atoms with van der Waals surface area (Å²) in [7, 11) is -3.02. The summed E-state index contributed by atoms with van der Waals surface area (Å²) < 4.78 is 35.9. The number of halogens is 1. The molecule has 0 aliphatic heterocycles. The maximum atomic E-state index is 13.6. The molecule has 96 valence electrons. The minimum Gasteiger partial charge on any atom is -0.310 e. The van der Waals surface area contributed by atoms with Crippen molar-refractivity contribution < 1.29 is 12.8 Å². The Morgan fingerprint density at radius 2 is 2.00 bits per heavy atom. The molecule has 3 nitrogen and oxygen atoms in total. The van der Waals surface area contributed by atoms with Crippen LogP contribution in [0.5, 0.6) is 0 Å². The fourth-order valence-electron chi connectivity index (χ4n) is 1.70. The number of hydrogen-bond acceptors (Lipinski definition) is 3. The molecule has 0 bridgehead atoms. The lowest BCUT2D eigenvalue weighted by Crippen LogP contribution is -2.24. The Bertz CT molecular complexity index is 459. The highest BCUT2D eigenvalue weighted by atomic mass is 32.2. The summed E-state index contributed by atoms with van der Waals surface area (Å²) in [6, 6.07) is 6.20. The Labute approximate surface area is 102 Å². The SMILES string of the molecule is CCNC(CCS(C)(=O)=O)c1ccccc1F. The van der Waals surface area contributed by atoms with E-state index in [9.17, 15) is 12.8 Å². The van der Waals surface area contributed by atoms with Gasteiger partial charge in [0.25, 0.3) is 0 Å². The number of hydrogen-bond donors (Lipinski definition) is 1. The molecule has 1 N–H and O–H groups in total. The molecule has 0 amide bonds. The molecule has 0 saturated carbocycles. The van der Waals surface area contributed by atoms with Crippen LogP contribution in [0.15, 0.2) is 24.3 Å². The third kappa shape index (κ3) is 4.83. The first kappa shape index (κ1) is 14.1. The van der Waals surface area contributed by atoms with Crippen molar-refractivity contribution in [3.63, 3.8) is 0 Å². The topological polar surface area (TPSA) is 46.2 Å². The highest BCUT2D eigenvalue weighted by molar-refractivity contribution is 7.90. The third-order valence-corrected chi connectivity index (χ3v) is 3.49. The van der Waals surface area contributed by atoms with E-state index < -0.39 is 9.84 Å². The number of benzene rings is 1. The molecule has 0 saturated heterocycles. The molecule has 17 heavy (non-hydrogen) atoms. The van der Waals surface area contributed by atoms with E-state index in [2.05, 4.69) is 5.32 Å². The van der Waals surface area contributed by atoms with E-state index in [-0.39, 0.29) is 17.6 Å². The van der Waals surface area contributed by atoms with Crippen LogP contribution in [0.3, 0.4) is 0 Å². The van der Waals surface area contributed by atoms with Gasteiger partial charge < -0.3 is 5.32 Å². The molecule has 1 atom stereocenters. The van der Waals surface area contributed by atoms with E-state index in [1.807, 2.05) is 6.92 Å². The van der Waals surface area contributed by atoms with Crippen LogP contribution in [0.2, 0.25) is 0 Å². The van der Waals surface area contributed by atoms with Crippen molar-refractivity contribution in [2.24, 2.45) is 0 Å². The van der Waals surface area contributed by atoms with Gasteiger partial charge in [0, 0.05) is 17.9 Å². The normalized spacial score (nSPS) is 13.6. The van der Waals surface area contributed by atoms with E-state index in [1.165, 1.54) is 12.3 Å².